The van der Waals surface area contributed by atoms with Crippen LogP contribution in [0.25, 0.3) is 11.0 Å². The van der Waals surface area contributed by atoms with Crippen molar-refractivity contribution in [3.63, 3.8) is 0 Å². The predicted octanol–water partition coefficient (Wildman–Crippen LogP) is 2.35. The van der Waals surface area contributed by atoms with E-state index in [4.69, 9.17) is 0 Å². The van der Waals surface area contributed by atoms with E-state index in [0.717, 1.165) is 24.8 Å². The molecule has 0 saturated carbocycles. The fraction of sp³-hybridized carbons (Fsp3) is 0.389. The van der Waals surface area contributed by atoms with Crippen LogP contribution in [0, 0.1) is 0 Å². The molecule has 0 aliphatic carbocycles. The number of hydrogen-bond acceptors (Lipinski definition) is 3. The smallest absolute Gasteiger partial charge is 0.269 e. The molecule has 3 rings (SSSR count). The lowest BCUT2D eigenvalue weighted by Gasteiger charge is -2.25. The van der Waals surface area contributed by atoms with Crippen molar-refractivity contribution in [1.29, 1.82) is 0 Å². The maximum Gasteiger partial charge on any atom is 0.269 e. The van der Waals surface area contributed by atoms with Crippen LogP contribution in [0.4, 0.5) is 0 Å². The molecule has 0 unspecified atom stereocenters. The van der Waals surface area contributed by atoms with Crippen LogP contribution >= 0.6 is 0 Å². The van der Waals surface area contributed by atoms with E-state index in [1.165, 1.54) is 10.8 Å². The number of benzene rings is 1. The zero-order valence-electron chi connectivity index (χ0n) is 13.3. The van der Waals surface area contributed by atoms with Gasteiger partial charge in [0.1, 0.15) is 6.54 Å². The fourth-order valence-electron chi connectivity index (χ4n) is 3.03. The van der Waals surface area contributed by atoms with Crippen molar-refractivity contribution >= 4 is 16.9 Å². The van der Waals surface area contributed by atoms with E-state index in [0.29, 0.717) is 12.1 Å². The van der Waals surface area contributed by atoms with Gasteiger partial charge in [-0.1, -0.05) is 44.1 Å². The minimum Gasteiger partial charge on any atom is -0.331 e. The van der Waals surface area contributed by atoms with E-state index in [9.17, 15) is 9.59 Å². The molecule has 0 radical (unpaired) electrons. The standard InChI is InChI=1S/C18H21N3O2/c1-2-3-7-14-8-6-11-20(14)18(23)13-21-16-10-5-4-9-15(16)19-12-17(21)22/h4-6,8-10,12,14H,2-3,7,11,13H2,1H3/t14-/m1/s1. The third-order valence-electron chi connectivity index (χ3n) is 4.28. The van der Waals surface area contributed by atoms with Gasteiger partial charge in [-0.2, -0.15) is 0 Å². The number of amides is 1. The van der Waals surface area contributed by atoms with Crippen LogP contribution in [0.15, 0.2) is 47.4 Å². The second-order valence-corrected chi connectivity index (χ2v) is 5.86. The average molecular weight is 311 g/mol. The molecule has 2 aromatic rings. The van der Waals surface area contributed by atoms with Crippen molar-refractivity contribution < 1.29 is 4.79 Å². The Morgan fingerprint density at radius 3 is 3.00 bits per heavy atom. The summed E-state index contributed by atoms with van der Waals surface area (Å²) >= 11 is 0. The monoisotopic (exact) mass is 311 g/mol. The molecule has 1 aliphatic rings. The number of fused-ring (bicyclic) bond motifs is 1. The summed E-state index contributed by atoms with van der Waals surface area (Å²) in [6.45, 7) is 2.84. The summed E-state index contributed by atoms with van der Waals surface area (Å²) < 4.78 is 1.51. The van der Waals surface area contributed by atoms with Gasteiger partial charge >= 0.3 is 0 Å². The molecule has 0 saturated heterocycles. The Labute approximate surface area is 135 Å². The first kappa shape index (κ1) is 15.5. The molecule has 5 nitrogen and oxygen atoms in total. The molecule has 1 amide bonds. The summed E-state index contributed by atoms with van der Waals surface area (Å²) in [5, 5.41) is 0. The van der Waals surface area contributed by atoms with Crippen LogP contribution < -0.4 is 5.56 Å². The molecule has 1 aliphatic heterocycles. The zero-order valence-corrected chi connectivity index (χ0v) is 13.3. The molecular weight excluding hydrogens is 290 g/mol. The topological polar surface area (TPSA) is 55.2 Å². The highest BCUT2D eigenvalue weighted by molar-refractivity contribution is 5.80. The molecule has 1 atom stereocenters. The van der Waals surface area contributed by atoms with Crippen molar-refractivity contribution in [3.8, 4) is 0 Å². The summed E-state index contributed by atoms with van der Waals surface area (Å²) in [6.07, 6.45) is 8.60. The van der Waals surface area contributed by atoms with Crippen LogP contribution in [0.5, 0.6) is 0 Å². The van der Waals surface area contributed by atoms with E-state index < -0.39 is 0 Å². The van der Waals surface area contributed by atoms with Crippen LogP contribution in [0.1, 0.15) is 26.2 Å². The van der Waals surface area contributed by atoms with Crippen LogP contribution in [-0.4, -0.2) is 32.9 Å². The largest absolute Gasteiger partial charge is 0.331 e. The number of hydrogen-bond donors (Lipinski definition) is 0. The highest BCUT2D eigenvalue weighted by Crippen LogP contribution is 2.17. The number of nitrogens with zero attached hydrogens (tertiary/aromatic N) is 3. The molecule has 0 N–H and O–H groups in total. The zero-order chi connectivity index (χ0) is 16.2. The summed E-state index contributed by atoms with van der Waals surface area (Å²) in [6, 6.07) is 7.56. The lowest BCUT2D eigenvalue weighted by molar-refractivity contribution is -0.132. The van der Waals surface area contributed by atoms with Crippen molar-refractivity contribution in [2.45, 2.75) is 38.8 Å². The lowest BCUT2D eigenvalue weighted by Crippen LogP contribution is -2.40. The first-order valence-electron chi connectivity index (χ1n) is 8.11. The molecule has 0 spiro atoms. The highest BCUT2D eigenvalue weighted by atomic mass is 16.2. The van der Waals surface area contributed by atoms with Gasteiger partial charge in [-0.15, -0.1) is 0 Å². The van der Waals surface area contributed by atoms with E-state index in [1.54, 1.807) is 0 Å². The van der Waals surface area contributed by atoms with Gasteiger partial charge in [0.05, 0.1) is 23.3 Å². The molecular formula is C18H21N3O2. The minimum atomic E-state index is -0.241. The van der Waals surface area contributed by atoms with E-state index in [2.05, 4.69) is 18.0 Å². The molecule has 2 heterocycles. The Morgan fingerprint density at radius 2 is 2.17 bits per heavy atom. The van der Waals surface area contributed by atoms with Crippen molar-refractivity contribution in [2.24, 2.45) is 0 Å². The van der Waals surface area contributed by atoms with Crippen molar-refractivity contribution in [3.05, 3.63) is 53.0 Å². The maximum atomic E-state index is 12.7. The molecule has 1 aromatic carbocycles. The number of rotatable bonds is 5. The quantitative estimate of drug-likeness (QED) is 0.797. The van der Waals surface area contributed by atoms with Gasteiger partial charge in [-0.25, -0.2) is 4.98 Å². The molecule has 23 heavy (non-hydrogen) atoms. The summed E-state index contributed by atoms with van der Waals surface area (Å²) in [7, 11) is 0. The lowest BCUT2D eigenvalue weighted by atomic mass is 10.1. The van der Waals surface area contributed by atoms with Crippen LogP contribution in [0.2, 0.25) is 0 Å². The van der Waals surface area contributed by atoms with E-state index in [-0.39, 0.29) is 24.1 Å². The second-order valence-electron chi connectivity index (χ2n) is 5.86. The molecule has 0 bridgehead atoms. The summed E-state index contributed by atoms with van der Waals surface area (Å²) in [5.74, 6) is -0.0189. The molecule has 5 heteroatoms. The van der Waals surface area contributed by atoms with Crippen molar-refractivity contribution in [1.82, 2.24) is 14.5 Å². The van der Waals surface area contributed by atoms with Gasteiger partial charge < -0.3 is 4.90 Å². The number of aromatic nitrogens is 2. The van der Waals surface area contributed by atoms with Gasteiger partial charge in [-0.05, 0) is 18.6 Å². The number of carbonyl (C=O) groups is 1. The summed E-state index contributed by atoms with van der Waals surface area (Å²) in [5.41, 5.74) is 1.18. The molecule has 120 valence electrons. The average Bonchev–Trinajstić information content (AvgIpc) is 3.04. The van der Waals surface area contributed by atoms with Gasteiger partial charge in [0.2, 0.25) is 5.91 Å². The third kappa shape index (κ3) is 3.18. The number of carbonyl (C=O) groups excluding carboxylic acids is 1. The normalized spacial score (nSPS) is 17.1. The number of unbranched alkanes of at least 4 members (excludes halogenated alkanes) is 1. The number of para-hydroxylation sites is 2. The Bertz CT molecular complexity index is 794. The van der Waals surface area contributed by atoms with E-state index in [1.807, 2.05) is 35.2 Å². The fourth-order valence-corrected chi connectivity index (χ4v) is 3.03. The molecule has 1 aromatic heterocycles. The minimum absolute atomic E-state index is 0.0189. The van der Waals surface area contributed by atoms with Crippen molar-refractivity contribution in [2.75, 3.05) is 6.54 Å². The SMILES string of the molecule is CCCC[C@@H]1C=CCN1C(=O)Cn1c(=O)cnc2ccccc21. The van der Waals surface area contributed by atoms with Gasteiger partial charge in [0.15, 0.2) is 0 Å². The van der Waals surface area contributed by atoms with Gasteiger partial charge in [0, 0.05) is 6.54 Å². The third-order valence-corrected chi connectivity index (χ3v) is 4.28. The Kier molecular flexibility index (Phi) is 4.55. The van der Waals surface area contributed by atoms with Gasteiger partial charge in [-0.3, -0.25) is 14.2 Å². The first-order chi connectivity index (χ1) is 11.2. The first-order valence-corrected chi connectivity index (χ1v) is 8.11. The van der Waals surface area contributed by atoms with E-state index >= 15 is 0 Å². The Hall–Kier alpha value is -2.43. The predicted molar refractivity (Wildman–Crippen MR) is 90.2 cm³/mol. The van der Waals surface area contributed by atoms with Crippen LogP contribution in [0.3, 0.4) is 0 Å². The van der Waals surface area contributed by atoms with Crippen LogP contribution in [-0.2, 0) is 11.3 Å². The highest BCUT2D eigenvalue weighted by Gasteiger charge is 2.24. The Balaban J connectivity index is 1.83. The Morgan fingerprint density at radius 1 is 1.35 bits per heavy atom. The summed E-state index contributed by atoms with van der Waals surface area (Å²) in [4.78, 5) is 30.8. The maximum absolute atomic E-state index is 12.7. The molecule has 0 fully saturated rings. The van der Waals surface area contributed by atoms with Gasteiger partial charge in [0.25, 0.3) is 5.56 Å². The second kappa shape index (κ2) is 6.77.